The van der Waals surface area contributed by atoms with E-state index in [1.165, 1.54) is 0 Å². The van der Waals surface area contributed by atoms with Crippen LogP contribution in [0.15, 0.2) is 16.7 Å². The molecule has 0 bridgehead atoms. The van der Waals surface area contributed by atoms with Crippen LogP contribution in [0.25, 0.3) is 11.4 Å². The van der Waals surface area contributed by atoms with E-state index >= 15 is 0 Å². The molecule has 5 nitrogen and oxygen atoms in total. The largest absolute Gasteiger partial charge is 0.339 e. The maximum absolute atomic E-state index is 5.42. The van der Waals surface area contributed by atoms with E-state index in [-0.39, 0.29) is 0 Å². The number of aryl methyl sites for hydroxylation is 2. The van der Waals surface area contributed by atoms with E-state index in [1.807, 2.05) is 26.0 Å². The van der Waals surface area contributed by atoms with E-state index in [4.69, 9.17) is 4.52 Å². The first-order valence-electron chi connectivity index (χ1n) is 6.72. The number of hydrogen-bond acceptors (Lipinski definition) is 5. The van der Waals surface area contributed by atoms with Gasteiger partial charge in [-0.3, -0.25) is 4.98 Å². The second kappa shape index (κ2) is 5.09. The minimum atomic E-state index is 0.346. The molecule has 0 amide bonds. The van der Waals surface area contributed by atoms with E-state index in [2.05, 4.69) is 20.4 Å². The van der Waals surface area contributed by atoms with E-state index in [1.54, 1.807) is 0 Å². The van der Waals surface area contributed by atoms with Gasteiger partial charge in [-0.05, 0) is 45.4 Å². The smallest absolute Gasteiger partial charge is 0.231 e. The van der Waals surface area contributed by atoms with Gasteiger partial charge in [0, 0.05) is 23.5 Å². The molecule has 19 heavy (non-hydrogen) atoms. The van der Waals surface area contributed by atoms with Gasteiger partial charge >= 0.3 is 0 Å². The Hall–Kier alpha value is -1.75. The minimum Gasteiger partial charge on any atom is -0.339 e. The van der Waals surface area contributed by atoms with E-state index < -0.39 is 0 Å². The number of hydrogen-bond donors (Lipinski definition) is 1. The van der Waals surface area contributed by atoms with Gasteiger partial charge in [-0.2, -0.15) is 4.98 Å². The predicted octanol–water partition coefficient (Wildman–Crippen LogP) is 2.22. The third-order valence-electron chi connectivity index (χ3n) is 3.43. The molecule has 1 atom stereocenters. The van der Waals surface area contributed by atoms with Gasteiger partial charge < -0.3 is 9.84 Å². The zero-order valence-electron chi connectivity index (χ0n) is 11.3. The van der Waals surface area contributed by atoms with Crippen molar-refractivity contribution in [3.63, 3.8) is 0 Å². The molecule has 1 aliphatic rings. The van der Waals surface area contributed by atoms with Crippen molar-refractivity contribution in [3.05, 3.63) is 29.4 Å². The van der Waals surface area contributed by atoms with Crippen LogP contribution >= 0.6 is 0 Å². The maximum atomic E-state index is 5.42. The molecule has 3 heterocycles. The van der Waals surface area contributed by atoms with Crippen LogP contribution in [0.2, 0.25) is 0 Å². The summed E-state index contributed by atoms with van der Waals surface area (Å²) in [6.45, 7) is 5.96. The summed E-state index contributed by atoms with van der Waals surface area (Å²) in [5, 5.41) is 7.46. The Labute approximate surface area is 112 Å². The van der Waals surface area contributed by atoms with Gasteiger partial charge in [0.15, 0.2) is 0 Å². The fraction of sp³-hybridized carbons (Fsp3) is 0.500. The van der Waals surface area contributed by atoms with Crippen molar-refractivity contribution in [1.82, 2.24) is 20.4 Å². The summed E-state index contributed by atoms with van der Waals surface area (Å²) >= 11 is 0. The Morgan fingerprint density at radius 2 is 2.00 bits per heavy atom. The summed E-state index contributed by atoms with van der Waals surface area (Å²) in [5.41, 5.74) is 2.92. The predicted molar refractivity (Wildman–Crippen MR) is 71.8 cm³/mol. The number of pyridine rings is 1. The van der Waals surface area contributed by atoms with Crippen molar-refractivity contribution < 1.29 is 4.52 Å². The molecule has 100 valence electrons. The van der Waals surface area contributed by atoms with Gasteiger partial charge in [0.1, 0.15) is 0 Å². The summed E-state index contributed by atoms with van der Waals surface area (Å²) in [4.78, 5) is 8.90. The quantitative estimate of drug-likeness (QED) is 0.894. The average Bonchev–Trinajstić information content (AvgIpc) is 2.88. The lowest BCUT2D eigenvalue weighted by atomic mass is 10.00. The standard InChI is InChI=1S/C14H18N4O/c1-9-6-12(7-10(2)16-9)13-17-14(19-18-13)11-4-3-5-15-8-11/h6-7,11,15H,3-5,8H2,1-2H3/t11-/m1/s1. The summed E-state index contributed by atoms with van der Waals surface area (Å²) in [7, 11) is 0. The summed E-state index contributed by atoms with van der Waals surface area (Å²) in [6.07, 6.45) is 2.28. The zero-order chi connectivity index (χ0) is 13.2. The van der Waals surface area contributed by atoms with Gasteiger partial charge in [-0.15, -0.1) is 0 Å². The van der Waals surface area contributed by atoms with Gasteiger partial charge in [-0.1, -0.05) is 5.16 Å². The first-order valence-corrected chi connectivity index (χ1v) is 6.72. The molecule has 5 heteroatoms. The maximum Gasteiger partial charge on any atom is 0.231 e. The van der Waals surface area contributed by atoms with Gasteiger partial charge in [-0.25, -0.2) is 0 Å². The highest BCUT2D eigenvalue weighted by molar-refractivity contribution is 5.55. The van der Waals surface area contributed by atoms with E-state index in [9.17, 15) is 0 Å². The lowest BCUT2D eigenvalue weighted by molar-refractivity contribution is 0.322. The first-order chi connectivity index (χ1) is 9.22. The highest BCUT2D eigenvalue weighted by Crippen LogP contribution is 2.24. The Kier molecular flexibility index (Phi) is 3.29. The Morgan fingerprint density at radius 3 is 2.68 bits per heavy atom. The third kappa shape index (κ3) is 2.66. The van der Waals surface area contributed by atoms with Crippen molar-refractivity contribution in [1.29, 1.82) is 0 Å². The fourth-order valence-electron chi connectivity index (χ4n) is 2.54. The molecule has 2 aromatic heterocycles. The van der Waals surface area contributed by atoms with Crippen molar-refractivity contribution in [2.75, 3.05) is 13.1 Å². The monoisotopic (exact) mass is 258 g/mol. The molecular weight excluding hydrogens is 240 g/mol. The molecule has 2 aromatic rings. The highest BCUT2D eigenvalue weighted by atomic mass is 16.5. The lowest BCUT2D eigenvalue weighted by Gasteiger charge is -2.18. The van der Waals surface area contributed by atoms with Crippen LogP contribution in [0.3, 0.4) is 0 Å². The summed E-state index contributed by atoms with van der Waals surface area (Å²) < 4.78 is 5.42. The molecule has 0 unspecified atom stereocenters. The molecular formula is C14H18N4O. The van der Waals surface area contributed by atoms with E-state index in [0.29, 0.717) is 11.7 Å². The molecule has 1 N–H and O–H groups in total. The van der Waals surface area contributed by atoms with Crippen molar-refractivity contribution in [2.45, 2.75) is 32.6 Å². The molecule has 1 saturated heterocycles. The molecule has 0 spiro atoms. The Balaban J connectivity index is 1.87. The molecule has 0 radical (unpaired) electrons. The first kappa shape index (κ1) is 12.3. The van der Waals surface area contributed by atoms with Crippen molar-refractivity contribution in [3.8, 4) is 11.4 Å². The van der Waals surface area contributed by atoms with E-state index in [0.717, 1.165) is 48.8 Å². The molecule has 1 fully saturated rings. The molecule has 1 aliphatic heterocycles. The number of rotatable bonds is 2. The van der Waals surface area contributed by atoms with Gasteiger partial charge in [0.25, 0.3) is 0 Å². The molecule has 0 aromatic carbocycles. The SMILES string of the molecule is Cc1cc(-c2noc([C@@H]3CCCNC3)n2)cc(C)n1. The Bertz CT molecular complexity index is 552. The van der Waals surface area contributed by atoms with Crippen LogP contribution in [0, 0.1) is 13.8 Å². The van der Waals surface area contributed by atoms with Crippen molar-refractivity contribution >= 4 is 0 Å². The third-order valence-corrected chi connectivity index (χ3v) is 3.43. The Morgan fingerprint density at radius 1 is 1.21 bits per heavy atom. The average molecular weight is 258 g/mol. The second-order valence-corrected chi connectivity index (χ2v) is 5.14. The van der Waals surface area contributed by atoms with Crippen LogP contribution in [-0.4, -0.2) is 28.2 Å². The van der Waals surface area contributed by atoms with Gasteiger partial charge in [0.05, 0.1) is 5.92 Å². The van der Waals surface area contributed by atoms with Crippen LogP contribution < -0.4 is 5.32 Å². The van der Waals surface area contributed by atoms with Crippen LogP contribution in [0.5, 0.6) is 0 Å². The minimum absolute atomic E-state index is 0.346. The number of nitrogens with zero attached hydrogens (tertiary/aromatic N) is 3. The van der Waals surface area contributed by atoms with Crippen LogP contribution in [-0.2, 0) is 0 Å². The highest BCUT2D eigenvalue weighted by Gasteiger charge is 2.21. The van der Waals surface area contributed by atoms with Crippen LogP contribution in [0.4, 0.5) is 0 Å². The topological polar surface area (TPSA) is 63.8 Å². The molecule has 3 rings (SSSR count). The molecule has 0 aliphatic carbocycles. The fourth-order valence-corrected chi connectivity index (χ4v) is 2.54. The normalized spacial score (nSPS) is 19.6. The number of aromatic nitrogens is 3. The lowest BCUT2D eigenvalue weighted by Crippen LogP contribution is -2.28. The second-order valence-electron chi connectivity index (χ2n) is 5.14. The molecule has 0 saturated carbocycles. The van der Waals surface area contributed by atoms with Gasteiger partial charge in [0.2, 0.25) is 11.7 Å². The number of piperidine rings is 1. The van der Waals surface area contributed by atoms with Crippen LogP contribution in [0.1, 0.15) is 36.0 Å². The zero-order valence-corrected chi connectivity index (χ0v) is 11.3. The van der Waals surface area contributed by atoms with Crippen molar-refractivity contribution in [2.24, 2.45) is 0 Å². The summed E-state index contributed by atoms with van der Waals surface area (Å²) in [6, 6.07) is 3.97. The summed E-state index contributed by atoms with van der Waals surface area (Å²) in [5.74, 6) is 1.75. The number of nitrogens with one attached hydrogen (secondary N) is 1.